The Hall–Kier alpha value is -2.78. The zero-order chi connectivity index (χ0) is 22.8. The van der Waals surface area contributed by atoms with E-state index in [0.29, 0.717) is 5.75 Å². The lowest BCUT2D eigenvalue weighted by Crippen LogP contribution is -2.27. The van der Waals surface area contributed by atoms with E-state index in [4.69, 9.17) is 21.1 Å². The summed E-state index contributed by atoms with van der Waals surface area (Å²) in [5.41, 5.74) is 3.16. The third-order valence-corrected chi connectivity index (χ3v) is 6.01. The van der Waals surface area contributed by atoms with Crippen LogP contribution in [0.2, 0.25) is 0 Å². The highest BCUT2D eigenvalue weighted by molar-refractivity contribution is 6.30. The molecule has 0 saturated heterocycles. The van der Waals surface area contributed by atoms with Crippen LogP contribution in [0.15, 0.2) is 78.9 Å². The van der Waals surface area contributed by atoms with Crippen molar-refractivity contribution < 1.29 is 14.3 Å². The van der Waals surface area contributed by atoms with Gasteiger partial charge in [0.25, 0.3) is 0 Å². The average molecular weight is 451 g/mol. The Morgan fingerprint density at radius 2 is 1.41 bits per heavy atom. The summed E-state index contributed by atoms with van der Waals surface area (Å²) in [5, 5.41) is -0.744. The van der Waals surface area contributed by atoms with E-state index >= 15 is 0 Å². The SMILES string of the molecule is CCCCCOc1ccc(-c2ccc(OC(=O)C(Cl)C(CC)c3ccccc3)cc2)cc1. The van der Waals surface area contributed by atoms with E-state index in [0.717, 1.165) is 41.9 Å². The molecule has 4 heteroatoms. The fourth-order valence-corrected chi connectivity index (χ4v) is 4.02. The topological polar surface area (TPSA) is 35.5 Å². The summed E-state index contributed by atoms with van der Waals surface area (Å²) in [4.78, 5) is 12.6. The molecule has 3 aromatic rings. The second-order valence-corrected chi connectivity index (χ2v) is 8.32. The lowest BCUT2D eigenvalue weighted by atomic mass is 9.93. The van der Waals surface area contributed by atoms with Crippen molar-refractivity contribution in [1.82, 2.24) is 0 Å². The van der Waals surface area contributed by atoms with Gasteiger partial charge in [-0.2, -0.15) is 0 Å². The summed E-state index contributed by atoms with van der Waals surface area (Å²) < 4.78 is 11.3. The Bertz CT molecular complexity index is 952. The molecule has 0 spiro atoms. The van der Waals surface area contributed by atoms with E-state index in [1.807, 2.05) is 73.7 Å². The van der Waals surface area contributed by atoms with Gasteiger partial charge in [0, 0.05) is 5.92 Å². The van der Waals surface area contributed by atoms with Crippen LogP contribution in [0.4, 0.5) is 0 Å². The summed E-state index contributed by atoms with van der Waals surface area (Å²) in [6, 6.07) is 25.4. The van der Waals surface area contributed by atoms with Crippen LogP contribution in [0.3, 0.4) is 0 Å². The maximum atomic E-state index is 12.6. The van der Waals surface area contributed by atoms with Crippen molar-refractivity contribution >= 4 is 17.6 Å². The third kappa shape index (κ3) is 6.61. The van der Waals surface area contributed by atoms with Crippen molar-refractivity contribution in [3.05, 3.63) is 84.4 Å². The Morgan fingerprint density at radius 3 is 1.97 bits per heavy atom. The van der Waals surface area contributed by atoms with Gasteiger partial charge >= 0.3 is 5.97 Å². The molecule has 2 unspecified atom stereocenters. The van der Waals surface area contributed by atoms with E-state index in [-0.39, 0.29) is 5.92 Å². The lowest BCUT2D eigenvalue weighted by molar-refractivity contribution is -0.134. The van der Waals surface area contributed by atoms with Gasteiger partial charge in [-0.15, -0.1) is 11.6 Å². The van der Waals surface area contributed by atoms with E-state index in [1.165, 1.54) is 12.8 Å². The first-order valence-electron chi connectivity index (χ1n) is 11.4. The number of hydrogen-bond donors (Lipinski definition) is 0. The van der Waals surface area contributed by atoms with Crippen LogP contribution in [0.5, 0.6) is 11.5 Å². The Labute approximate surface area is 196 Å². The molecule has 0 radical (unpaired) electrons. The zero-order valence-corrected chi connectivity index (χ0v) is 19.6. The fraction of sp³-hybridized carbons (Fsp3) is 0.321. The lowest BCUT2D eigenvalue weighted by Gasteiger charge is -2.20. The minimum absolute atomic E-state index is 0.0904. The van der Waals surface area contributed by atoms with Gasteiger partial charge in [0.2, 0.25) is 0 Å². The summed E-state index contributed by atoms with van der Waals surface area (Å²) in [6.45, 7) is 4.95. The van der Waals surface area contributed by atoms with Crippen LogP contribution in [-0.2, 0) is 4.79 Å². The first-order chi connectivity index (χ1) is 15.6. The van der Waals surface area contributed by atoms with Gasteiger partial charge < -0.3 is 9.47 Å². The average Bonchev–Trinajstić information content (AvgIpc) is 2.84. The van der Waals surface area contributed by atoms with Crippen LogP contribution in [-0.4, -0.2) is 18.0 Å². The van der Waals surface area contributed by atoms with Gasteiger partial charge in [-0.25, -0.2) is 0 Å². The number of alkyl halides is 1. The highest BCUT2D eigenvalue weighted by atomic mass is 35.5. The van der Waals surface area contributed by atoms with E-state index < -0.39 is 11.3 Å². The molecule has 0 N–H and O–H groups in total. The predicted molar refractivity (Wildman–Crippen MR) is 132 cm³/mol. The predicted octanol–water partition coefficient (Wildman–Crippen LogP) is 7.63. The van der Waals surface area contributed by atoms with E-state index in [2.05, 4.69) is 6.92 Å². The normalized spacial score (nSPS) is 12.7. The molecular weight excluding hydrogens is 420 g/mol. The molecule has 0 amide bonds. The second-order valence-electron chi connectivity index (χ2n) is 7.85. The number of benzene rings is 3. The number of rotatable bonds is 11. The Balaban J connectivity index is 1.58. The van der Waals surface area contributed by atoms with Crippen molar-refractivity contribution in [3.8, 4) is 22.6 Å². The number of halogens is 1. The molecule has 2 atom stereocenters. The molecule has 3 nitrogen and oxygen atoms in total. The van der Waals surface area contributed by atoms with Gasteiger partial charge in [0.15, 0.2) is 0 Å². The molecule has 168 valence electrons. The van der Waals surface area contributed by atoms with Crippen LogP contribution in [0.25, 0.3) is 11.1 Å². The number of hydrogen-bond acceptors (Lipinski definition) is 3. The fourth-order valence-electron chi connectivity index (χ4n) is 3.65. The maximum absolute atomic E-state index is 12.6. The summed E-state index contributed by atoms with van der Waals surface area (Å²) in [6.07, 6.45) is 4.20. The molecule has 32 heavy (non-hydrogen) atoms. The molecule has 3 aromatic carbocycles. The number of carbonyl (C=O) groups is 1. The van der Waals surface area contributed by atoms with Crippen LogP contribution in [0.1, 0.15) is 51.0 Å². The molecule has 0 aliphatic rings. The molecule has 0 bridgehead atoms. The minimum atomic E-state index is -0.744. The van der Waals surface area contributed by atoms with Crippen LogP contribution >= 0.6 is 11.6 Å². The van der Waals surface area contributed by atoms with Crippen molar-refractivity contribution in [3.63, 3.8) is 0 Å². The largest absolute Gasteiger partial charge is 0.494 e. The van der Waals surface area contributed by atoms with Crippen LogP contribution in [0, 0.1) is 0 Å². The highest BCUT2D eigenvalue weighted by Gasteiger charge is 2.28. The van der Waals surface area contributed by atoms with Crippen molar-refractivity contribution in [2.24, 2.45) is 0 Å². The molecule has 0 heterocycles. The molecule has 0 saturated carbocycles. The van der Waals surface area contributed by atoms with E-state index in [9.17, 15) is 4.79 Å². The van der Waals surface area contributed by atoms with Gasteiger partial charge in [-0.05, 0) is 53.8 Å². The summed E-state index contributed by atoms with van der Waals surface area (Å²) >= 11 is 6.49. The third-order valence-electron chi connectivity index (χ3n) is 5.52. The maximum Gasteiger partial charge on any atom is 0.330 e. The number of carbonyl (C=O) groups excluding carboxylic acids is 1. The van der Waals surface area contributed by atoms with Crippen molar-refractivity contribution in [1.29, 1.82) is 0 Å². The molecular formula is C28H31ClO3. The van der Waals surface area contributed by atoms with Gasteiger partial charge in [-0.1, -0.05) is 81.3 Å². The summed E-state index contributed by atoms with van der Waals surface area (Å²) in [5.74, 6) is 0.850. The van der Waals surface area contributed by atoms with Crippen LogP contribution < -0.4 is 9.47 Å². The first kappa shape index (κ1) is 23.9. The zero-order valence-electron chi connectivity index (χ0n) is 18.8. The highest BCUT2D eigenvalue weighted by Crippen LogP contribution is 2.29. The second kappa shape index (κ2) is 12.3. The molecule has 0 aliphatic heterocycles. The molecule has 0 fully saturated rings. The molecule has 0 aliphatic carbocycles. The Kier molecular flexibility index (Phi) is 9.18. The smallest absolute Gasteiger partial charge is 0.330 e. The number of esters is 1. The minimum Gasteiger partial charge on any atom is -0.494 e. The van der Waals surface area contributed by atoms with Gasteiger partial charge in [0.1, 0.15) is 16.9 Å². The quantitative estimate of drug-likeness (QED) is 0.130. The van der Waals surface area contributed by atoms with Crippen molar-refractivity contribution in [2.75, 3.05) is 6.61 Å². The van der Waals surface area contributed by atoms with E-state index in [1.54, 1.807) is 12.1 Å². The molecule has 3 rings (SSSR count). The molecule has 0 aromatic heterocycles. The monoisotopic (exact) mass is 450 g/mol. The summed E-state index contributed by atoms with van der Waals surface area (Å²) in [7, 11) is 0. The standard InChI is InChI=1S/C28H31ClO3/c1-3-5-9-20-31-24-16-12-21(13-17-24)22-14-18-25(19-15-22)32-28(30)27(29)26(4-2)23-10-7-6-8-11-23/h6-8,10-19,26-27H,3-5,9,20H2,1-2H3. The van der Waals surface area contributed by atoms with Gasteiger partial charge in [0.05, 0.1) is 6.61 Å². The first-order valence-corrected chi connectivity index (χ1v) is 11.8. The Morgan fingerprint density at radius 1 is 0.812 bits per heavy atom. The van der Waals surface area contributed by atoms with Gasteiger partial charge in [-0.3, -0.25) is 4.79 Å². The van der Waals surface area contributed by atoms with Crippen molar-refractivity contribution in [2.45, 2.75) is 50.8 Å². The number of unbranched alkanes of at least 4 members (excludes halogenated alkanes) is 2. The number of ether oxygens (including phenoxy) is 2.